The number of hydrogen-bond donors (Lipinski definition) is 2. The van der Waals surface area contributed by atoms with Gasteiger partial charge in [0.05, 0.1) is 10.1 Å². The zero-order valence-electron chi connectivity index (χ0n) is 15.8. The molecule has 9 heteroatoms. The van der Waals surface area contributed by atoms with Crippen molar-refractivity contribution in [2.24, 2.45) is 0 Å². The van der Waals surface area contributed by atoms with Gasteiger partial charge in [0.1, 0.15) is 0 Å². The first-order valence-electron chi connectivity index (χ1n) is 8.80. The number of amides is 2. The smallest absolute Gasteiger partial charge is 0.237 e. The SMILES string of the molecule is CCn1c(SC(C)C(=O)Nc2ccc(NC(C)=O)cc2)nnc1-c1cccs1. The molecule has 2 aromatic heterocycles. The van der Waals surface area contributed by atoms with Gasteiger partial charge in [-0.2, -0.15) is 0 Å². The van der Waals surface area contributed by atoms with Crippen LogP contribution in [0.3, 0.4) is 0 Å². The van der Waals surface area contributed by atoms with E-state index in [1.165, 1.54) is 18.7 Å². The summed E-state index contributed by atoms with van der Waals surface area (Å²) in [6, 6.07) is 11.0. The van der Waals surface area contributed by atoms with E-state index >= 15 is 0 Å². The third-order valence-electron chi connectivity index (χ3n) is 3.90. The van der Waals surface area contributed by atoms with E-state index in [0.717, 1.165) is 22.4 Å². The molecule has 0 aliphatic carbocycles. The molecule has 1 aromatic carbocycles. The summed E-state index contributed by atoms with van der Waals surface area (Å²) < 4.78 is 2.02. The molecule has 1 unspecified atom stereocenters. The van der Waals surface area contributed by atoms with Crippen molar-refractivity contribution in [1.29, 1.82) is 0 Å². The highest BCUT2D eigenvalue weighted by Crippen LogP contribution is 2.29. The molecule has 0 saturated heterocycles. The van der Waals surface area contributed by atoms with Crippen LogP contribution in [0.2, 0.25) is 0 Å². The maximum Gasteiger partial charge on any atom is 0.237 e. The zero-order chi connectivity index (χ0) is 20.1. The molecule has 7 nitrogen and oxygen atoms in total. The van der Waals surface area contributed by atoms with Crippen molar-refractivity contribution >= 4 is 46.3 Å². The van der Waals surface area contributed by atoms with E-state index < -0.39 is 0 Å². The van der Waals surface area contributed by atoms with Crippen molar-refractivity contribution in [3.05, 3.63) is 41.8 Å². The first-order chi connectivity index (χ1) is 13.5. The Kier molecular flexibility index (Phi) is 6.48. The predicted octanol–water partition coefficient (Wildman–Crippen LogP) is 4.10. The minimum absolute atomic E-state index is 0.124. The zero-order valence-corrected chi connectivity index (χ0v) is 17.4. The Morgan fingerprint density at radius 2 is 1.82 bits per heavy atom. The van der Waals surface area contributed by atoms with Crippen molar-refractivity contribution in [2.75, 3.05) is 10.6 Å². The molecule has 0 saturated carbocycles. The number of anilines is 2. The number of thiophene rings is 1. The van der Waals surface area contributed by atoms with Crippen LogP contribution >= 0.6 is 23.1 Å². The van der Waals surface area contributed by atoms with Gasteiger partial charge in [-0.1, -0.05) is 17.8 Å². The van der Waals surface area contributed by atoms with Crippen LogP contribution in [0.5, 0.6) is 0 Å². The van der Waals surface area contributed by atoms with Gasteiger partial charge >= 0.3 is 0 Å². The molecule has 0 aliphatic rings. The molecule has 0 spiro atoms. The fourth-order valence-corrected chi connectivity index (χ4v) is 4.17. The number of hydrogen-bond acceptors (Lipinski definition) is 6. The number of benzene rings is 1. The summed E-state index contributed by atoms with van der Waals surface area (Å²) in [6.07, 6.45) is 0. The molecule has 28 heavy (non-hydrogen) atoms. The molecule has 0 bridgehead atoms. The van der Waals surface area contributed by atoms with Gasteiger partial charge in [0, 0.05) is 24.8 Å². The number of carbonyl (C=O) groups is 2. The summed E-state index contributed by atoms with van der Waals surface area (Å²) in [4.78, 5) is 24.7. The number of carbonyl (C=O) groups excluding carboxylic acids is 2. The van der Waals surface area contributed by atoms with Crippen LogP contribution < -0.4 is 10.6 Å². The monoisotopic (exact) mass is 415 g/mol. The summed E-state index contributed by atoms with van der Waals surface area (Å²) in [5, 5.41) is 16.5. The Bertz CT molecular complexity index is 951. The second kappa shape index (κ2) is 9.03. The molecule has 3 aromatic rings. The lowest BCUT2D eigenvalue weighted by atomic mass is 10.2. The number of nitrogens with zero attached hydrogens (tertiary/aromatic N) is 3. The van der Waals surface area contributed by atoms with Crippen molar-refractivity contribution in [3.8, 4) is 10.7 Å². The lowest BCUT2D eigenvalue weighted by Crippen LogP contribution is -2.23. The van der Waals surface area contributed by atoms with E-state index in [-0.39, 0.29) is 17.1 Å². The summed E-state index contributed by atoms with van der Waals surface area (Å²) in [7, 11) is 0. The second-order valence-electron chi connectivity index (χ2n) is 6.04. The molecule has 0 fully saturated rings. The van der Waals surface area contributed by atoms with Gasteiger partial charge in [0.2, 0.25) is 11.8 Å². The Hall–Kier alpha value is -2.65. The maximum absolute atomic E-state index is 12.6. The average molecular weight is 416 g/mol. The number of thioether (sulfide) groups is 1. The molecule has 2 N–H and O–H groups in total. The Balaban J connectivity index is 1.65. The van der Waals surface area contributed by atoms with Crippen LogP contribution in [-0.2, 0) is 16.1 Å². The van der Waals surface area contributed by atoms with Gasteiger partial charge in [-0.25, -0.2) is 0 Å². The number of rotatable bonds is 7. The first-order valence-corrected chi connectivity index (χ1v) is 10.6. The van der Waals surface area contributed by atoms with Crippen molar-refractivity contribution in [3.63, 3.8) is 0 Å². The third kappa shape index (κ3) is 4.79. The lowest BCUT2D eigenvalue weighted by Gasteiger charge is -2.13. The normalized spacial score (nSPS) is 11.8. The van der Waals surface area contributed by atoms with Crippen molar-refractivity contribution < 1.29 is 9.59 Å². The van der Waals surface area contributed by atoms with Crippen molar-refractivity contribution in [2.45, 2.75) is 37.7 Å². The molecule has 2 amide bonds. The molecular formula is C19H21N5O2S2. The highest BCUT2D eigenvalue weighted by Gasteiger charge is 2.20. The van der Waals surface area contributed by atoms with Gasteiger partial charge in [0.15, 0.2) is 11.0 Å². The fourth-order valence-electron chi connectivity index (χ4n) is 2.54. The lowest BCUT2D eigenvalue weighted by molar-refractivity contribution is -0.115. The number of aromatic nitrogens is 3. The summed E-state index contributed by atoms with van der Waals surface area (Å²) >= 11 is 2.99. The van der Waals surface area contributed by atoms with Gasteiger partial charge in [-0.15, -0.1) is 21.5 Å². The Labute approximate surface area is 171 Å². The standard InChI is InChI=1S/C19H21N5O2S2/c1-4-24-17(16-6-5-11-27-16)22-23-19(24)28-12(2)18(26)21-15-9-7-14(8-10-15)20-13(3)25/h5-12H,4H2,1-3H3,(H,20,25)(H,21,26). The summed E-state index contributed by atoms with van der Waals surface area (Å²) in [5.74, 6) is 0.561. The predicted molar refractivity (Wildman–Crippen MR) is 114 cm³/mol. The Morgan fingerprint density at radius 1 is 1.14 bits per heavy atom. The van der Waals surface area contributed by atoms with Crippen LogP contribution in [0.1, 0.15) is 20.8 Å². The van der Waals surface area contributed by atoms with E-state index in [4.69, 9.17) is 0 Å². The van der Waals surface area contributed by atoms with E-state index in [1.807, 2.05) is 35.9 Å². The highest BCUT2D eigenvalue weighted by molar-refractivity contribution is 8.00. The minimum atomic E-state index is -0.347. The van der Waals surface area contributed by atoms with E-state index in [1.54, 1.807) is 35.6 Å². The summed E-state index contributed by atoms with van der Waals surface area (Å²) in [5.41, 5.74) is 1.35. The van der Waals surface area contributed by atoms with E-state index in [9.17, 15) is 9.59 Å². The largest absolute Gasteiger partial charge is 0.326 e. The molecule has 3 rings (SSSR count). The minimum Gasteiger partial charge on any atom is -0.326 e. The average Bonchev–Trinajstić information content (AvgIpc) is 3.32. The van der Waals surface area contributed by atoms with Gasteiger partial charge in [0.25, 0.3) is 0 Å². The topological polar surface area (TPSA) is 88.9 Å². The van der Waals surface area contributed by atoms with E-state index in [0.29, 0.717) is 11.4 Å². The first kappa shape index (κ1) is 20.1. The Morgan fingerprint density at radius 3 is 2.39 bits per heavy atom. The second-order valence-corrected chi connectivity index (χ2v) is 8.29. The van der Waals surface area contributed by atoms with Gasteiger partial charge in [-0.05, 0) is 49.6 Å². The molecule has 1 atom stereocenters. The number of nitrogens with one attached hydrogen (secondary N) is 2. The highest BCUT2D eigenvalue weighted by atomic mass is 32.2. The maximum atomic E-state index is 12.6. The molecular weight excluding hydrogens is 394 g/mol. The third-order valence-corrected chi connectivity index (χ3v) is 5.85. The molecule has 0 aliphatic heterocycles. The van der Waals surface area contributed by atoms with E-state index in [2.05, 4.69) is 20.8 Å². The van der Waals surface area contributed by atoms with Crippen molar-refractivity contribution in [1.82, 2.24) is 14.8 Å². The van der Waals surface area contributed by atoms with Crippen LogP contribution in [0.25, 0.3) is 10.7 Å². The summed E-state index contributed by atoms with van der Waals surface area (Å²) in [6.45, 7) is 6.05. The molecule has 0 radical (unpaired) electrons. The van der Waals surface area contributed by atoms with Gasteiger partial charge in [-0.3, -0.25) is 9.59 Å². The van der Waals surface area contributed by atoms with Crippen LogP contribution in [0.15, 0.2) is 46.9 Å². The molecule has 146 valence electrons. The quantitative estimate of drug-likeness (QED) is 0.567. The van der Waals surface area contributed by atoms with Crippen LogP contribution in [-0.4, -0.2) is 31.8 Å². The van der Waals surface area contributed by atoms with Crippen LogP contribution in [0, 0.1) is 0 Å². The van der Waals surface area contributed by atoms with Crippen LogP contribution in [0.4, 0.5) is 11.4 Å². The molecule has 2 heterocycles. The fraction of sp³-hybridized carbons (Fsp3) is 0.263. The van der Waals surface area contributed by atoms with Gasteiger partial charge < -0.3 is 15.2 Å².